The van der Waals surface area contributed by atoms with Crippen LogP contribution in [0.15, 0.2) is 30.5 Å². The molecule has 21 heavy (non-hydrogen) atoms. The number of hydrogen-bond donors (Lipinski definition) is 3. The van der Waals surface area contributed by atoms with Crippen molar-refractivity contribution in [3.05, 3.63) is 47.4 Å². The van der Waals surface area contributed by atoms with Crippen LogP contribution in [-0.4, -0.2) is 39.2 Å². The highest BCUT2D eigenvalue weighted by Gasteiger charge is 2.06. The van der Waals surface area contributed by atoms with Gasteiger partial charge in [0.2, 0.25) is 0 Å². The van der Waals surface area contributed by atoms with Gasteiger partial charge in [-0.05, 0) is 23.8 Å². The molecule has 2 heterocycles. The number of anilines is 1. The largest absolute Gasteiger partial charge is 0.477 e. The molecule has 0 atom stereocenters. The highest BCUT2D eigenvalue weighted by Crippen LogP contribution is 2.06. The predicted molar refractivity (Wildman–Crippen MR) is 73.9 cm³/mol. The summed E-state index contributed by atoms with van der Waals surface area (Å²) in [6.07, 6.45) is 1.47. The predicted octanol–water partition coefficient (Wildman–Crippen LogP) is 0.541. The van der Waals surface area contributed by atoms with E-state index in [9.17, 15) is 9.59 Å². The molecule has 0 aromatic carbocycles. The van der Waals surface area contributed by atoms with Crippen LogP contribution in [0.25, 0.3) is 0 Å². The summed E-state index contributed by atoms with van der Waals surface area (Å²) in [6, 6.07) is 6.28. The molecule has 108 valence electrons. The fourth-order valence-electron chi connectivity index (χ4n) is 1.52. The summed E-state index contributed by atoms with van der Waals surface area (Å²) in [5.41, 5.74) is 1.03. The topological polar surface area (TPSA) is 117 Å². The van der Waals surface area contributed by atoms with Gasteiger partial charge in [-0.25, -0.2) is 9.78 Å². The fourth-order valence-corrected chi connectivity index (χ4v) is 1.52. The van der Waals surface area contributed by atoms with Crippen molar-refractivity contribution < 1.29 is 14.7 Å². The molecule has 2 aromatic heterocycles. The first-order valence-electron chi connectivity index (χ1n) is 6.08. The molecule has 0 saturated carbocycles. The lowest BCUT2D eigenvalue weighted by Crippen LogP contribution is -2.19. The first-order chi connectivity index (χ1) is 10.1. The van der Waals surface area contributed by atoms with Crippen LogP contribution in [0.3, 0.4) is 0 Å². The molecule has 0 aliphatic rings. The first-order valence-corrected chi connectivity index (χ1v) is 6.08. The SMILES string of the molecule is CNC(=O)c1ccc(NCc2ccc(C(=O)O)nc2)nn1. The Hall–Kier alpha value is -3.03. The number of aromatic carboxylic acids is 1. The highest BCUT2D eigenvalue weighted by atomic mass is 16.4. The third kappa shape index (κ3) is 3.72. The van der Waals surface area contributed by atoms with E-state index in [0.29, 0.717) is 12.4 Å². The lowest BCUT2D eigenvalue weighted by atomic mass is 10.2. The third-order valence-corrected chi connectivity index (χ3v) is 2.64. The van der Waals surface area contributed by atoms with Gasteiger partial charge >= 0.3 is 5.97 Å². The summed E-state index contributed by atoms with van der Waals surface area (Å²) in [5, 5.41) is 21.9. The average molecular weight is 287 g/mol. The number of aromatic nitrogens is 3. The molecule has 8 nitrogen and oxygen atoms in total. The molecule has 1 amide bonds. The quantitative estimate of drug-likeness (QED) is 0.734. The molecule has 8 heteroatoms. The van der Waals surface area contributed by atoms with Gasteiger partial charge in [-0.1, -0.05) is 6.07 Å². The number of nitrogens with zero attached hydrogens (tertiary/aromatic N) is 3. The van der Waals surface area contributed by atoms with E-state index in [2.05, 4.69) is 25.8 Å². The molecule has 0 spiro atoms. The van der Waals surface area contributed by atoms with Crippen LogP contribution in [0.5, 0.6) is 0 Å². The maximum absolute atomic E-state index is 11.3. The van der Waals surface area contributed by atoms with Crippen LogP contribution in [-0.2, 0) is 6.54 Å². The molecule has 0 fully saturated rings. The van der Waals surface area contributed by atoms with Crippen LogP contribution in [0.4, 0.5) is 5.82 Å². The molecule has 0 aliphatic carbocycles. The van der Waals surface area contributed by atoms with E-state index in [1.807, 2.05) is 0 Å². The van der Waals surface area contributed by atoms with Gasteiger partial charge in [0.05, 0.1) is 0 Å². The summed E-state index contributed by atoms with van der Waals surface area (Å²) < 4.78 is 0. The summed E-state index contributed by atoms with van der Waals surface area (Å²) in [7, 11) is 1.52. The number of amides is 1. The zero-order valence-electron chi connectivity index (χ0n) is 11.2. The van der Waals surface area contributed by atoms with E-state index >= 15 is 0 Å². The van der Waals surface area contributed by atoms with Crippen LogP contribution in [0.1, 0.15) is 26.5 Å². The molecular formula is C13H13N5O3. The van der Waals surface area contributed by atoms with Crippen molar-refractivity contribution in [1.82, 2.24) is 20.5 Å². The van der Waals surface area contributed by atoms with Gasteiger partial charge in [-0.2, -0.15) is 0 Å². The summed E-state index contributed by atoms with van der Waals surface area (Å²) in [4.78, 5) is 25.8. The number of pyridine rings is 1. The number of carboxylic acids is 1. The summed E-state index contributed by atoms with van der Waals surface area (Å²) in [6.45, 7) is 0.418. The molecule has 0 unspecified atom stereocenters. The van der Waals surface area contributed by atoms with E-state index in [-0.39, 0.29) is 17.3 Å². The molecule has 3 N–H and O–H groups in total. The van der Waals surface area contributed by atoms with Crippen LogP contribution < -0.4 is 10.6 Å². The van der Waals surface area contributed by atoms with Gasteiger partial charge in [-0.15, -0.1) is 10.2 Å². The Morgan fingerprint density at radius 3 is 2.43 bits per heavy atom. The van der Waals surface area contributed by atoms with Gasteiger partial charge < -0.3 is 15.7 Å². The second kappa shape index (κ2) is 6.42. The first kappa shape index (κ1) is 14.4. The molecule has 0 aliphatic heterocycles. The van der Waals surface area contributed by atoms with Crippen molar-refractivity contribution >= 4 is 17.7 Å². The molecule has 2 rings (SSSR count). The van der Waals surface area contributed by atoms with Crippen molar-refractivity contribution in [2.75, 3.05) is 12.4 Å². The Balaban J connectivity index is 1.96. The Morgan fingerprint density at radius 2 is 1.90 bits per heavy atom. The van der Waals surface area contributed by atoms with E-state index in [1.54, 1.807) is 18.2 Å². The van der Waals surface area contributed by atoms with Crippen molar-refractivity contribution in [3.8, 4) is 0 Å². The zero-order chi connectivity index (χ0) is 15.2. The number of nitrogens with one attached hydrogen (secondary N) is 2. The molecule has 0 saturated heterocycles. The van der Waals surface area contributed by atoms with Crippen molar-refractivity contribution in [2.24, 2.45) is 0 Å². The number of carbonyl (C=O) groups is 2. The Kier molecular flexibility index (Phi) is 4.39. The number of hydrogen-bond acceptors (Lipinski definition) is 6. The minimum Gasteiger partial charge on any atom is -0.477 e. The second-order valence-corrected chi connectivity index (χ2v) is 4.09. The van der Waals surface area contributed by atoms with Gasteiger partial charge in [0.25, 0.3) is 5.91 Å². The van der Waals surface area contributed by atoms with Crippen molar-refractivity contribution in [2.45, 2.75) is 6.54 Å². The molecular weight excluding hydrogens is 274 g/mol. The van der Waals surface area contributed by atoms with Gasteiger partial charge in [0.1, 0.15) is 11.5 Å². The van der Waals surface area contributed by atoms with Gasteiger partial charge in [-0.3, -0.25) is 4.79 Å². The minimum absolute atomic E-state index is 0.00604. The average Bonchev–Trinajstić information content (AvgIpc) is 2.53. The molecule has 0 radical (unpaired) electrons. The highest BCUT2D eigenvalue weighted by molar-refractivity contribution is 5.91. The van der Waals surface area contributed by atoms with E-state index in [1.165, 1.54) is 19.3 Å². The smallest absolute Gasteiger partial charge is 0.354 e. The summed E-state index contributed by atoms with van der Waals surface area (Å²) >= 11 is 0. The Morgan fingerprint density at radius 1 is 1.14 bits per heavy atom. The minimum atomic E-state index is -1.06. The fraction of sp³-hybridized carbons (Fsp3) is 0.154. The van der Waals surface area contributed by atoms with Crippen molar-refractivity contribution in [1.29, 1.82) is 0 Å². The maximum atomic E-state index is 11.3. The van der Waals surface area contributed by atoms with Gasteiger partial charge in [0, 0.05) is 19.8 Å². The lowest BCUT2D eigenvalue weighted by molar-refractivity contribution is 0.0690. The van der Waals surface area contributed by atoms with Crippen molar-refractivity contribution in [3.63, 3.8) is 0 Å². The van der Waals surface area contributed by atoms with Crippen LogP contribution in [0.2, 0.25) is 0 Å². The molecule has 2 aromatic rings. The van der Waals surface area contributed by atoms with E-state index in [4.69, 9.17) is 5.11 Å². The normalized spacial score (nSPS) is 9.95. The molecule has 0 bridgehead atoms. The Bertz CT molecular complexity index is 640. The number of rotatable bonds is 5. The lowest BCUT2D eigenvalue weighted by Gasteiger charge is -2.05. The summed E-state index contributed by atoms with van der Waals surface area (Å²) in [5.74, 6) is -0.863. The van der Waals surface area contributed by atoms with Gasteiger partial charge in [0.15, 0.2) is 5.69 Å². The monoisotopic (exact) mass is 287 g/mol. The zero-order valence-corrected chi connectivity index (χ0v) is 11.2. The van der Waals surface area contributed by atoms with E-state index in [0.717, 1.165) is 5.56 Å². The second-order valence-electron chi connectivity index (χ2n) is 4.09. The standard InChI is InChI=1S/C13H13N5O3/c1-14-12(19)9-4-5-11(18-17-9)16-7-8-2-3-10(13(20)21)15-6-8/h2-6H,7H2,1H3,(H,14,19)(H,16,18)(H,20,21). The Labute approximate surface area is 120 Å². The number of carboxylic acid groups (broad SMARTS) is 1. The third-order valence-electron chi connectivity index (χ3n) is 2.64. The number of carbonyl (C=O) groups excluding carboxylic acids is 1. The van der Waals surface area contributed by atoms with E-state index < -0.39 is 5.97 Å². The van der Waals surface area contributed by atoms with Crippen LogP contribution in [0, 0.1) is 0 Å². The van der Waals surface area contributed by atoms with Crippen LogP contribution >= 0.6 is 0 Å². The maximum Gasteiger partial charge on any atom is 0.354 e.